The second-order valence-electron chi connectivity index (χ2n) is 4.56. The van der Waals surface area contributed by atoms with Crippen LogP contribution in [-0.4, -0.2) is 12.2 Å². The maximum atomic E-state index is 5.89. The smallest absolute Gasteiger partial charge is 0.0711 e. The Hall–Kier alpha value is -0.0400. The summed E-state index contributed by atoms with van der Waals surface area (Å²) in [4.78, 5) is 0. The highest BCUT2D eigenvalue weighted by Gasteiger charge is 2.51. The predicted molar refractivity (Wildman–Crippen MR) is 45.4 cm³/mol. The Balaban J connectivity index is 2.23. The van der Waals surface area contributed by atoms with Crippen LogP contribution in [-0.2, 0) is 4.74 Å². The lowest BCUT2D eigenvalue weighted by Crippen LogP contribution is -2.33. The molecule has 2 aliphatic rings. The molecule has 1 saturated carbocycles. The van der Waals surface area contributed by atoms with Gasteiger partial charge in [-0.15, -0.1) is 0 Å². The Morgan fingerprint density at radius 1 is 1.27 bits per heavy atom. The maximum absolute atomic E-state index is 5.89. The summed E-state index contributed by atoms with van der Waals surface area (Å²) >= 11 is 0. The lowest BCUT2D eigenvalue weighted by molar-refractivity contribution is -0.0234. The summed E-state index contributed by atoms with van der Waals surface area (Å²) in [5.74, 6) is 2.42. The van der Waals surface area contributed by atoms with E-state index in [1.165, 1.54) is 12.8 Å². The van der Waals surface area contributed by atoms with Crippen LogP contribution in [0.5, 0.6) is 0 Å². The number of ether oxygens (including phenoxy) is 1. The zero-order valence-corrected chi connectivity index (χ0v) is 7.76. The SMILES string of the molecule is CC1COC2(C)C(C)CCC12. The van der Waals surface area contributed by atoms with Crippen molar-refractivity contribution >= 4 is 0 Å². The van der Waals surface area contributed by atoms with Gasteiger partial charge in [0.1, 0.15) is 0 Å². The molecule has 2 rings (SSSR count). The van der Waals surface area contributed by atoms with E-state index in [4.69, 9.17) is 4.74 Å². The Bertz CT molecular complexity index is 166. The molecule has 0 radical (unpaired) electrons. The summed E-state index contributed by atoms with van der Waals surface area (Å²) in [5, 5.41) is 0. The van der Waals surface area contributed by atoms with Crippen molar-refractivity contribution < 1.29 is 4.74 Å². The summed E-state index contributed by atoms with van der Waals surface area (Å²) in [6.45, 7) is 7.95. The number of hydrogen-bond donors (Lipinski definition) is 0. The van der Waals surface area contributed by atoms with E-state index in [1.54, 1.807) is 0 Å². The lowest BCUT2D eigenvalue weighted by Gasteiger charge is -2.28. The minimum absolute atomic E-state index is 0.236. The first-order valence-electron chi connectivity index (χ1n) is 4.78. The number of fused-ring (bicyclic) bond motifs is 1. The first-order chi connectivity index (χ1) is 5.14. The predicted octanol–water partition coefficient (Wildman–Crippen LogP) is 2.46. The summed E-state index contributed by atoms with van der Waals surface area (Å²) in [6.07, 6.45) is 2.75. The van der Waals surface area contributed by atoms with E-state index in [0.717, 1.165) is 24.4 Å². The van der Waals surface area contributed by atoms with Crippen LogP contribution in [0.4, 0.5) is 0 Å². The van der Waals surface area contributed by atoms with Crippen LogP contribution in [0.15, 0.2) is 0 Å². The van der Waals surface area contributed by atoms with Crippen molar-refractivity contribution in [1.29, 1.82) is 0 Å². The summed E-state index contributed by atoms with van der Waals surface area (Å²) in [5.41, 5.74) is 0.236. The van der Waals surface area contributed by atoms with Crippen LogP contribution >= 0.6 is 0 Å². The van der Waals surface area contributed by atoms with Gasteiger partial charge in [-0.1, -0.05) is 13.8 Å². The highest BCUT2D eigenvalue weighted by molar-refractivity contribution is 5.00. The molecule has 1 heterocycles. The van der Waals surface area contributed by atoms with Crippen LogP contribution in [0.3, 0.4) is 0 Å². The third kappa shape index (κ3) is 0.868. The van der Waals surface area contributed by atoms with E-state index in [2.05, 4.69) is 20.8 Å². The monoisotopic (exact) mass is 154 g/mol. The zero-order chi connectivity index (χ0) is 8.06. The third-order valence-electron chi connectivity index (χ3n) is 3.97. The maximum Gasteiger partial charge on any atom is 0.0711 e. The molecule has 0 aromatic rings. The number of rotatable bonds is 0. The van der Waals surface area contributed by atoms with Crippen LogP contribution in [0.25, 0.3) is 0 Å². The molecular weight excluding hydrogens is 136 g/mol. The molecule has 2 fully saturated rings. The fourth-order valence-electron chi connectivity index (χ4n) is 2.89. The highest BCUT2D eigenvalue weighted by atomic mass is 16.5. The summed E-state index contributed by atoms with van der Waals surface area (Å²) < 4.78 is 5.89. The average Bonchev–Trinajstić information content (AvgIpc) is 2.39. The molecule has 1 heteroatoms. The third-order valence-corrected chi connectivity index (χ3v) is 3.97. The zero-order valence-electron chi connectivity index (χ0n) is 7.76. The topological polar surface area (TPSA) is 9.23 Å². The molecule has 0 amide bonds. The molecule has 0 spiro atoms. The van der Waals surface area contributed by atoms with Gasteiger partial charge in [0.15, 0.2) is 0 Å². The minimum atomic E-state index is 0.236. The van der Waals surface area contributed by atoms with Crippen molar-refractivity contribution in [2.24, 2.45) is 17.8 Å². The molecule has 1 aliphatic heterocycles. The van der Waals surface area contributed by atoms with E-state index in [-0.39, 0.29) is 5.60 Å². The van der Waals surface area contributed by atoms with Gasteiger partial charge in [-0.2, -0.15) is 0 Å². The van der Waals surface area contributed by atoms with Crippen LogP contribution in [0, 0.1) is 17.8 Å². The van der Waals surface area contributed by atoms with Gasteiger partial charge in [-0.3, -0.25) is 0 Å². The lowest BCUT2D eigenvalue weighted by atomic mass is 9.83. The van der Waals surface area contributed by atoms with E-state index >= 15 is 0 Å². The van der Waals surface area contributed by atoms with E-state index in [1.807, 2.05) is 0 Å². The van der Waals surface area contributed by atoms with Crippen molar-refractivity contribution in [3.05, 3.63) is 0 Å². The van der Waals surface area contributed by atoms with E-state index in [9.17, 15) is 0 Å². The largest absolute Gasteiger partial charge is 0.374 e. The molecule has 1 saturated heterocycles. The minimum Gasteiger partial charge on any atom is -0.374 e. The normalized spacial score (nSPS) is 56.5. The molecule has 0 N–H and O–H groups in total. The van der Waals surface area contributed by atoms with Crippen LogP contribution in [0.1, 0.15) is 33.6 Å². The molecule has 1 nitrogen and oxygen atoms in total. The second-order valence-corrected chi connectivity index (χ2v) is 4.56. The molecule has 64 valence electrons. The molecule has 1 aliphatic carbocycles. The van der Waals surface area contributed by atoms with Gasteiger partial charge >= 0.3 is 0 Å². The van der Waals surface area contributed by atoms with Gasteiger partial charge in [-0.25, -0.2) is 0 Å². The van der Waals surface area contributed by atoms with Gasteiger partial charge in [0.2, 0.25) is 0 Å². The van der Waals surface area contributed by atoms with Crippen LogP contribution in [0.2, 0.25) is 0 Å². The average molecular weight is 154 g/mol. The van der Waals surface area contributed by atoms with Gasteiger partial charge in [0, 0.05) is 0 Å². The summed E-state index contributed by atoms with van der Waals surface area (Å²) in [6, 6.07) is 0. The Morgan fingerprint density at radius 3 is 2.64 bits per heavy atom. The van der Waals surface area contributed by atoms with Crippen molar-refractivity contribution in [1.82, 2.24) is 0 Å². The quantitative estimate of drug-likeness (QED) is 0.521. The molecule has 4 atom stereocenters. The van der Waals surface area contributed by atoms with Crippen molar-refractivity contribution in [3.8, 4) is 0 Å². The van der Waals surface area contributed by atoms with Crippen LogP contribution < -0.4 is 0 Å². The first kappa shape index (κ1) is 7.60. The van der Waals surface area contributed by atoms with Gasteiger partial charge < -0.3 is 4.74 Å². The Labute approximate surface area is 69.1 Å². The van der Waals surface area contributed by atoms with E-state index in [0.29, 0.717) is 0 Å². The van der Waals surface area contributed by atoms with Gasteiger partial charge in [0.25, 0.3) is 0 Å². The van der Waals surface area contributed by atoms with Gasteiger partial charge in [-0.05, 0) is 37.5 Å². The fraction of sp³-hybridized carbons (Fsp3) is 1.00. The highest BCUT2D eigenvalue weighted by Crippen LogP contribution is 2.50. The second kappa shape index (κ2) is 2.22. The van der Waals surface area contributed by atoms with Gasteiger partial charge in [0.05, 0.1) is 12.2 Å². The molecule has 0 bridgehead atoms. The van der Waals surface area contributed by atoms with Crippen molar-refractivity contribution in [2.45, 2.75) is 39.2 Å². The van der Waals surface area contributed by atoms with Crippen molar-refractivity contribution in [2.75, 3.05) is 6.61 Å². The summed E-state index contributed by atoms with van der Waals surface area (Å²) in [7, 11) is 0. The molecule has 4 unspecified atom stereocenters. The molecular formula is C10H18O. The van der Waals surface area contributed by atoms with Crippen molar-refractivity contribution in [3.63, 3.8) is 0 Å². The fourth-order valence-corrected chi connectivity index (χ4v) is 2.89. The van der Waals surface area contributed by atoms with E-state index < -0.39 is 0 Å². The standard InChI is InChI=1S/C10H18O/c1-7-6-11-10(3)8(2)4-5-9(7)10/h7-9H,4-6H2,1-3H3. The molecule has 0 aromatic heterocycles. The molecule has 11 heavy (non-hydrogen) atoms. The first-order valence-corrected chi connectivity index (χ1v) is 4.78. The Morgan fingerprint density at radius 2 is 2.00 bits per heavy atom. The molecule has 0 aromatic carbocycles. The number of hydrogen-bond acceptors (Lipinski definition) is 1. The Kier molecular flexibility index (Phi) is 1.54.